The van der Waals surface area contributed by atoms with Crippen molar-refractivity contribution in [2.24, 2.45) is 0 Å². The van der Waals surface area contributed by atoms with E-state index in [1.807, 2.05) is 13.8 Å². The highest BCUT2D eigenvalue weighted by molar-refractivity contribution is 7.90. The molecule has 10 heteroatoms. The zero-order valence-corrected chi connectivity index (χ0v) is 20.5. The van der Waals surface area contributed by atoms with Crippen LogP contribution in [0.4, 0.5) is 0 Å². The molecule has 0 aliphatic carbocycles. The maximum Gasteiger partial charge on any atom is 0.269 e. The lowest BCUT2D eigenvalue weighted by atomic mass is 10.1. The largest absolute Gasteiger partial charge is 0.497 e. The van der Waals surface area contributed by atoms with Crippen molar-refractivity contribution in [2.45, 2.75) is 50.7 Å². The van der Waals surface area contributed by atoms with Crippen molar-refractivity contribution in [1.29, 1.82) is 0 Å². The highest BCUT2D eigenvalue weighted by Gasteiger charge is 2.43. The van der Waals surface area contributed by atoms with Crippen LogP contribution >= 0.6 is 0 Å². The van der Waals surface area contributed by atoms with E-state index in [1.165, 1.54) is 30.2 Å². The summed E-state index contributed by atoms with van der Waals surface area (Å²) in [6, 6.07) is 11.8. The predicted octanol–water partition coefficient (Wildman–Crippen LogP) is 2.17. The fraction of sp³-hybridized carbons (Fsp3) is 0.375. The smallest absolute Gasteiger partial charge is 0.269 e. The molecule has 182 valence electrons. The average molecular weight is 488 g/mol. The van der Waals surface area contributed by atoms with Gasteiger partial charge >= 0.3 is 0 Å². The Labute approximate surface area is 199 Å². The van der Waals surface area contributed by atoms with E-state index >= 15 is 0 Å². The molecule has 0 radical (unpaired) electrons. The average Bonchev–Trinajstić information content (AvgIpc) is 3.02. The molecular formula is C24H29N3O6S. The number of methoxy groups -OCH3 is 1. The van der Waals surface area contributed by atoms with Crippen molar-refractivity contribution >= 4 is 27.7 Å². The number of rotatable bonds is 9. The van der Waals surface area contributed by atoms with Crippen molar-refractivity contribution in [3.05, 3.63) is 59.7 Å². The van der Waals surface area contributed by atoms with Crippen molar-refractivity contribution < 1.29 is 27.5 Å². The van der Waals surface area contributed by atoms with E-state index in [2.05, 4.69) is 5.32 Å². The van der Waals surface area contributed by atoms with Gasteiger partial charge in [0.25, 0.3) is 15.9 Å². The Morgan fingerprint density at radius 2 is 1.74 bits per heavy atom. The summed E-state index contributed by atoms with van der Waals surface area (Å²) in [5.74, 6) is -1.15. The first kappa shape index (κ1) is 25.2. The quantitative estimate of drug-likeness (QED) is 0.580. The van der Waals surface area contributed by atoms with Gasteiger partial charge in [-0.25, -0.2) is 12.7 Å². The minimum Gasteiger partial charge on any atom is -0.497 e. The summed E-state index contributed by atoms with van der Waals surface area (Å²) in [6.07, 6.45) is 0.712. The molecule has 0 spiro atoms. The molecule has 1 heterocycles. The number of amides is 3. The monoisotopic (exact) mass is 487 g/mol. The van der Waals surface area contributed by atoms with Crippen LogP contribution in [0.25, 0.3) is 0 Å². The Morgan fingerprint density at radius 1 is 1.09 bits per heavy atom. The van der Waals surface area contributed by atoms with Crippen LogP contribution in [0.1, 0.15) is 43.1 Å². The van der Waals surface area contributed by atoms with E-state index in [4.69, 9.17) is 4.74 Å². The number of nitrogens with zero attached hydrogens (tertiary/aromatic N) is 2. The van der Waals surface area contributed by atoms with Crippen LogP contribution in [0.15, 0.2) is 53.4 Å². The van der Waals surface area contributed by atoms with Crippen LogP contribution in [0.2, 0.25) is 0 Å². The molecule has 2 atom stereocenters. The summed E-state index contributed by atoms with van der Waals surface area (Å²) in [5, 5.41) is 2.85. The van der Waals surface area contributed by atoms with Gasteiger partial charge in [0.05, 0.1) is 12.7 Å². The van der Waals surface area contributed by atoms with E-state index in [0.717, 1.165) is 5.56 Å². The lowest BCUT2D eigenvalue weighted by molar-refractivity contribution is -0.140. The molecule has 34 heavy (non-hydrogen) atoms. The van der Waals surface area contributed by atoms with Gasteiger partial charge in [0.2, 0.25) is 11.8 Å². The maximum absolute atomic E-state index is 13.4. The molecule has 3 amide bonds. The molecule has 1 aliphatic rings. The van der Waals surface area contributed by atoms with Gasteiger partial charge in [-0.2, -0.15) is 0 Å². The number of nitrogens with one attached hydrogen (secondary N) is 1. The Bertz CT molecular complexity index is 1180. The van der Waals surface area contributed by atoms with Gasteiger partial charge in [0.15, 0.2) is 0 Å². The van der Waals surface area contributed by atoms with Crippen LogP contribution in [0.3, 0.4) is 0 Å². The van der Waals surface area contributed by atoms with Gasteiger partial charge in [-0.3, -0.25) is 14.4 Å². The Hall–Kier alpha value is -3.40. The SMILES string of the molecule is CC[C@@H](C)NC(=O)[C@H](C)N(Cc1ccc(OC)cc1)C(=O)CN1C(=O)c2ccccc2S1(=O)=O. The Balaban J connectivity index is 1.88. The van der Waals surface area contributed by atoms with Crippen LogP contribution in [-0.4, -0.2) is 61.1 Å². The summed E-state index contributed by atoms with van der Waals surface area (Å²) in [5.41, 5.74) is 0.746. The first-order valence-corrected chi connectivity index (χ1v) is 12.4. The number of fused-ring (bicyclic) bond motifs is 1. The molecule has 0 saturated carbocycles. The number of carbonyl (C=O) groups excluding carboxylic acids is 3. The molecule has 0 fully saturated rings. The third kappa shape index (κ3) is 5.06. The number of carbonyl (C=O) groups is 3. The molecule has 9 nitrogen and oxygen atoms in total. The van der Waals surface area contributed by atoms with Gasteiger partial charge in [0, 0.05) is 12.6 Å². The van der Waals surface area contributed by atoms with Gasteiger partial charge in [0.1, 0.15) is 23.2 Å². The van der Waals surface area contributed by atoms with E-state index in [-0.39, 0.29) is 29.0 Å². The van der Waals surface area contributed by atoms with Crippen molar-refractivity contribution in [3.63, 3.8) is 0 Å². The topological polar surface area (TPSA) is 113 Å². The van der Waals surface area contributed by atoms with Crippen LogP contribution in [0, 0.1) is 0 Å². The fourth-order valence-electron chi connectivity index (χ4n) is 3.58. The van der Waals surface area contributed by atoms with Crippen LogP contribution in [-0.2, 0) is 26.2 Å². The minimum atomic E-state index is -4.16. The van der Waals surface area contributed by atoms with Crippen LogP contribution in [0.5, 0.6) is 5.75 Å². The summed E-state index contributed by atoms with van der Waals surface area (Å²) in [7, 11) is -2.62. The van der Waals surface area contributed by atoms with E-state index in [9.17, 15) is 22.8 Å². The second-order valence-corrected chi connectivity index (χ2v) is 10.0. The zero-order valence-electron chi connectivity index (χ0n) is 19.6. The van der Waals surface area contributed by atoms with Crippen molar-refractivity contribution in [2.75, 3.05) is 13.7 Å². The lowest BCUT2D eigenvalue weighted by Crippen LogP contribution is -2.52. The molecule has 0 saturated heterocycles. The summed E-state index contributed by atoms with van der Waals surface area (Å²) >= 11 is 0. The second-order valence-electron chi connectivity index (χ2n) is 8.18. The minimum absolute atomic E-state index is 0.0274. The number of hydrogen-bond donors (Lipinski definition) is 1. The number of ether oxygens (including phenoxy) is 1. The molecular weight excluding hydrogens is 458 g/mol. The van der Waals surface area contributed by atoms with Crippen molar-refractivity contribution in [1.82, 2.24) is 14.5 Å². The third-order valence-corrected chi connectivity index (χ3v) is 7.66. The molecule has 2 aromatic rings. The Morgan fingerprint density at radius 3 is 2.32 bits per heavy atom. The van der Waals surface area contributed by atoms with Gasteiger partial charge < -0.3 is 15.0 Å². The second kappa shape index (κ2) is 10.3. The molecule has 0 aromatic heterocycles. The molecule has 3 rings (SSSR count). The summed E-state index contributed by atoms with van der Waals surface area (Å²) < 4.78 is 31.6. The molecule has 0 bridgehead atoms. The lowest BCUT2D eigenvalue weighted by Gasteiger charge is -2.30. The van der Waals surface area contributed by atoms with E-state index in [1.54, 1.807) is 37.3 Å². The van der Waals surface area contributed by atoms with Gasteiger partial charge in [-0.15, -0.1) is 0 Å². The van der Waals surface area contributed by atoms with Gasteiger partial charge in [-0.1, -0.05) is 31.2 Å². The molecule has 1 N–H and O–H groups in total. The maximum atomic E-state index is 13.4. The van der Waals surface area contributed by atoms with Crippen molar-refractivity contribution in [3.8, 4) is 5.75 Å². The molecule has 1 aliphatic heterocycles. The highest BCUT2D eigenvalue weighted by atomic mass is 32.2. The Kier molecular flexibility index (Phi) is 7.61. The number of benzene rings is 2. The standard InChI is InChI=1S/C24H29N3O6S/c1-5-16(2)25-23(29)17(3)26(14-18-10-12-19(33-4)13-11-18)22(28)15-27-24(30)20-8-6-7-9-21(20)34(27,31)32/h6-13,16-17H,5,14-15H2,1-4H3,(H,25,29)/t16-,17+/m1/s1. The fourth-order valence-corrected chi connectivity index (χ4v) is 5.10. The number of hydrogen-bond acceptors (Lipinski definition) is 6. The highest BCUT2D eigenvalue weighted by Crippen LogP contribution is 2.30. The third-order valence-electron chi connectivity index (χ3n) is 5.87. The first-order valence-electron chi connectivity index (χ1n) is 11.0. The van der Waals surface area contributed by atoms with E-state index in [0.29, 0.717) is 16.5 Å². The van der Waals surface area contributed by atoms with E-state index < -0.39 is 34.4 Å². The zero-order chi connectivity index (χ0) is 25.0. The summed E-state index contributed by atoms with van der Waals surface area (Å²) in [6.45, 7) is 4.71. The van der Waals surface area contributed by atoms with Gasteiger partial charge in [-0.05, 0) is 50.1 Å². The molecule has 2 aromatic carbocycles. The first-order chi connectivity index (χ1) is 16.1. The molecule has 0 unspecified atom stereocenters. The summed E-state index contributed by atoms with van der Waals surface area (Å²) in [4.78, 5) is 40.1. The number of sulfonamides is 1. The predicted molar refractivity (Wildman–Crippen MR) is 126 cm³/mol. The van der Waals surface area contributed by atoms with Crippen LogP contribution < -0.4 is 10.1 Å². The normalized spacial score (nSPS) is 15.9.